The number of methoxy groups -OCH3 is 2. The van der Waals surface area contributed by atoms with Crippen molar-refractivity contribution in [3.05, 3.63) is 48.5 Å². The molecule has 8 heteroatoms. The van der Waals surface area contributed by atoms with Gasteiger partial charge in [0, 0.05) is 24.5 Å². The topological polar surface area (TPSA) is 101 Å². The maximum Gasteiger partial charge on any atom is 0.319 e. The second-order valence-corrected chi connectivity index (χ2v) is 8.03. The Morgan fingerprint density at radius 1 is 0.750 bits per heavy atom. The van der Waals surface area contributed by atoms with Gasteiger partial charge in [0.25, 0.3) is 0 Å². The summed E-state index contributed by atoms with van der Waals surface area (Å²) in [4.78, 5) is 24.4. The molecule has 0 spiro atoms. The summed E-state index contributed by atoms with van der Waals surface area (Å²) in [6, 6.07) is 14.0. The van der Waals surface area contributed by atoms with E-state index in [1.165, 1.54) is 0 Å². The molecule has 2 aromatic rings. The normalized spacial score (nSPS) is 17.7. The van der Waals surface area contributed by atoms with Crippen molar-refractivity contribution in [1.82, 2.24) is 10.6 Å². The van der Waals surface area contributed by atoms with Crippen LogP contribution in [0, 0.1) is 11.8 Å². The summed E-state index contributed by atoms with van der Waals surface area (Å²) in [7, 11) is 3.21. The number of carbonyl (C=O) groups is 2. The fourth-order valence-electron chi connectivity index (χ4n) is 3.95. The highest BCUT2D eigenvalue weighted by Crippen LogP contribution is 2.28. The van der Waals surface area contributed by atoms with Gasteiger partial charge in [-0.05, 0) is 79.6 Å². The molecular formula is C24H32N4O4. The molecule has 0 bridgehead atoms. The monoisotopic (exact) mass is 440 g/mol. The molecule has 0 heterocycles. The van der Waals surface area contributed by atoms with Crippen molar-refractivity contribution in [2.75, 3.05) is 37.9 Å². The molecule has 3 rings (SSSR count). The standard InChI is InChI=1S/C24H32N4O4/c1-31-21-10-6-19(7-11-21)27-23(29)25-15-17-4-3-5-18(14-17)16-26-24(30)28-20-8-12-22(32-2)13-9-20/h6-13,17-18H,3-5,14-16H2,1-2H3,(H2,25,27,29)(H2,26,28,30). The first-order valence-electron chi connectivity index (χ1n) is 10.9. The molecule has 4 N–H and O–H groups in total. The number of rotatable bonds is 8. The average molecular weight is 441 g/mol. The van der Waals surface area contributed by atoms with Gasteiger partial charge < -0.3 is 30.7 Å². The minimum atomic E-state index is -0.214. The van der Waals surface area contributed by atoms with Gasteiger partial charge >= 0.3 is 12.1 Å². The smallest absolute Gasteiger partial charge is 0.319 e. The van der Waals surface area contributed by atoms with Crippen molar-refractivity contribution in [2.24, 2.45) is 11.8 Å². The zero-order chi connectivity index (χ0) is 22.8. The first-order chi connectivity index (χ1) is 15.6. The molecule has 0 saturated heterocycles. The van der Waals surface area contributed by atoms with E-state index >= 15 is 0 Å². The lowest BCUT2D eigenvalue weighted by molar-refractivity contribution is 0.230. The minimum Gasteiger partial charge on any atom is -0.497 e. The lowest BCUT2D eigenvalue weighted by atomic mass is 9.81. The number of hydrogen-bond acceptors (Lipinski definition) is 4. The lowest BCUT2D eigenvalue weighted by Gasteiger charge is -2.29. The first kappa shape index (κ1) is 23.2. The Hall–Kier alpha value is -3.42. The van der Waals surface area contributed by atoms with Crippen LogP contribution in [0.15, 0.2) is 48.5 Å². The van der Waals surface area contributed by atoms with E-state index in [1.54, 1.807) is 62.8 Å². The van der Waals surface area contributed by atoms with Crippen LogP contribution < -0.4 is 30.7 Å². The van der Waals surface area contributed by atoms with Gasteiger partial charge in [0.05, 0.1) is 14.2 Å². The van der Waals surface area contributed by atoms with Crippen LogP contribution in [0.4, 0.5) is 21.0 Å². The summed E-state index contributed by atoms with van der Waals surface area (Å²) in [5, 5.41) is 11.6. The Labute approximate surface area is 189 Å². The Kier molecular flexibility index (Phi) is 8.60. The van der Waals surface area contributed by atoms with Gasteiger partial charge in [-0.3, -0.25) is 0 Å². The van der Waals surface area contributed by atoms with Crippen LogP contribution in [0.25, 0.3) is 0 Å². The Morgan fingerprint density at radius 3 is 1.53 bits per heavy atom. The molecule has 1 aliphatic rings. The van der Waals surface area contributed by atoms with E-state index in [-0.39, 0.29) is 12.1 Å². The van der Waals surface area contributed by atoms with Crippen LogP contribution in [-0.4, -0.2) is 39.4 Å². The van der Waals surface area contributed by atoms with E-state index in [4.69, 9.17) is 9.47 Å². The largest absolute Gasteiger partial charge is 0.497 e. The fourth-order valence-corrected chi connectivity index (χ4v) is 3.95. The number of nitrogens with one attached hydrogen (secondary N) is 4. The predicted octanol–water partition coefficient (Wildman–Crippen LogP) is 4.45. The minimum absolute atomic E-state index is 0.214. The molecule has 32 heavy (non-hydrogen) atoms. The summed E-state index contributed by atoms with van der Waals surface area (Å²) >= 11 is 0. The number of hydrogen-bond donors (Lipinski definition) is 4. The van der Waals surface area contributed by atoms with Crippen molar-refractivity contribution < 1.29 is 19.1 Å². The van der Waals surface area contributed by atoms with Crippen LogP contribution in [0.5, 0.6) is 11.5 Å². The molecule has 172 valence electrons. The molecule has 2 atom stereocenters. The Bertz CT molecular complexity index is 799. The summed E-state index contributed by atoms with van der Waals surface area (Å²) in [6.07, 6.45) is 4.24. The van der Waals surface area contributed by atoms with E-state index in [1.807, 2.05) is 0 Å². The lowest BCUT2D eigenvalue weighted by Crippen LogP contribution is -2.38. The second-order valence-electron chi connectivity index (χ2n) is 8.03. The van der Waals surface area contributed by atoms with Gasteiger partial charge in [-0.25, -0.2) is 9.59 Å². The van der Waals surface area contributed by atoms with Gasteiger partial charge in [0.15, 0.2) is 0 Å². The molecule has 0 aromatic heterocycles. The van der Waals surface area contributed by atoms with Gasteiger partial charge in [-0.2, -0.15) is 0 Å². The Morgan fingerprint density at radius 2 is 1.16 bits per heavy atom. The number of anilines is 2. The summed E-state index contributed by atoms with van der Waals surface area (Å²) in [6.45, 7) is 1.24. The van der Waals surface area contributed by atoms with Crippen molar-refractivity contribution in [3.63, 3.8) is 0 Å². The average Bonchev–Trinajstić information content (AvgIpc) is 2.83. The number of urea groups is 2. The molecule has 1 fully saturated rings. The third-order valence-corrected chi connectivity index (χ3v) is 5.69. The molecule has 1 aliphatic carbocycles. The summed E-state index contributed by atoms with van der Waals surface area (Å²) in [5.41, 5.74) is 1.44. The zero-order valence-corrected chi connectivity index (χ0v) is 18.6. The van der Waals surface area contributed by atoms with Crippen LogP contribution in [-0.2, 0) is 0 Å². The first-order valence-corrected chi connectivity index (χ1v) is 10.9. The Balaban J connectivity index is 1.35. The molecule has 0 radical (unpaired) electrons. The third kappa shape index (κ3) is 7.37. The molecular weight excluding hydrogens is 408 g/mol. The third-order valence-electron chi connectivity index (χ3n) is 5.69. The van der Waals surface area contributed by atoms with Crippen molar-refractivity contribution in [1.29, 1.82) is 0 Å². The van der Waals surface area contributed by atoms with Crippen molar-refractivity contribution >= 4 is 23.4 Å². The van der Waals surface area contributed by atoms with Gasteiger partial charge in [-0.1, -0.05) is 6.42 Å². The van der Waals surface area contributed by atoms with Crippen LogP contribution in [0.3, 0.4) is 0 Å². The van der Waals surface area contributed by atoms with E-state index in [2.05, 4.69) is 21.3 Å². The quantitative estimate of drug-likeness (QED) is 0.487. The maximum absolute atomic E-state index is 12.2. The number of ether oxygens (including phenoxy) is 2. The van der Waals surface area contributed by atoms with E-state index in [9.17, 15) is 9.59 Å². The summed E-state index contributed by atoms with van der Waals surface area (Å²) < 4.78 is 10.2. The molecule has 2 unspecified atom stereocenters. The molecule has 2 aromatic carbocycles. The molecule has 4 amide bonds. The van der Waals surface area contributed by atoms with Gasteiger partial charge in [-0.15, -0.1) is 0 Å². The predicted molar refractivity (Wildman–Crippen MR) is 125 cm³/mol. The maximum atomic E-state index is 12.2. The van der Waals surface area contributed by atoms with Crippen molar-refractivity contribution in [2.45, 2.75) is 25.7 Å². The highest BCUT2D eigenvalue weighted by molar-refractivity contribution is 5.89. The molecule has 1 saturated carbocycles. The van der Waals surface area contributed by atoms with E-state index < -0.39 is 0 Å². The SMILES string of the molecule is COc1ccc(NC(=O)NCC2CCCC(CNC(=O)Nc3ccc(OC)cc3)C2)cc1. The fraction of sp³-hybridized carbons (Fsp3) is 0.417. The van der Waals surface area contributed by atoms with Crippen LogP contribution in [0.2, 0.25) is 0 Å². The van der Waals surface area contributed by atoms with E-state index in [0.29, 0.717) is 24.9 Å². The van der Waals surface area contributed by atoms with E-state index in [0.717, 1.165) is 48.6 Å². The van der Waals surface area contributed by atoms with Gasteiger partial charge in [0.2, 0.25) is 0 Å². The van der Waals surface area contributed by atoms with Gasteiger partial charge in [0.1, 0.15) is 11.5 Å². The number of amides is 4. The molecule has 0 aliphatic heterocycles. The second kappa shape index (κ2) is 11.8. The van der Waals surface area contributed by atoms with Crippen molar-refractivity contribution in [3.8, 4) is 11.5 Å². The van der Waals surface area contributed by atoms with Crippen LogP contribution >= 0.6 is 0 Å². The zero-order valence-electron chi connectivity index (χ0n) is 18.6. The number of benzene rings is 2. The van der Waals surface area contributed by atoms with Crippen LogP contribution in [0.1, 0.15) is 25.7 Å². The highest BCUT2D eigenvalue weighted by Gasteiger charge is 2.23. The number of carbonyl (C=O) groups excluding carboxylic acids is 2. The molecule has 8 nitrogen and oxygen atoms in total. The summed E-state index contributed by atoms with van der Waals surface area (Å²) in [5.74, 6) is 2.30. The highest BCUT2D eigenvalue weighted by atomic mass is 16.5.